The van der Waals surface area contributed by atoms with Crippen LogP contribution < -0.4 is 10.6 Å². The molecule has 4 nitrogen and oxygen atoms in total. The third kappa shape index (κ3) is 5.89. The number of amides is 1. The van der Waals surface area contributed by atoms with Crippen molar-refractivity contribution in [2.75, 3.05) is 13.1 Å². The third-order valence-electron chi connectivity index (χ3n) is 3.34. The molecule has 1 saturated heterocycles. The van der Waals surface area contributed by atoms with Gasteiger partial charge in [0.25, 0.3) is 0 Å². The minimum Gasteiger partial charge on any atom is -0.352 e. The van der Waals surface area contributed by atoms with Gasteiger partial charge in [0.2, 0.25) is 5.91 Å². The van der Waals surface area contributed by atoms with Crippen LogP contribution in [0.25, 0.3) is 9.88 Å². The topological polar surface area (TPSA) is 54.0 Å². The quantitative estimate of drug-likeness (QED) is 0.800. The van der Waals surface area contributed by atoms with E-state index in [1.165, 1.54) is 11.3 Å². The maximum atomic E-state index is 12.0. The highest BCUT2D eigenvalue weighted by Crippen LogP contribution is 2.32. The van der Waals surface area contributed by atoms with E-state index in [4.69, 9.17) is 11.6 Å². The van der Waals surface area contributed by atoms with E-state index < -0.39 is 0 Å². The SMILES string of the molecule is Cl.Cl.O=C(Cc1csc(-c2ccc(Cl)s2)n1)N[C@H]1CCCNC1. The Morgan fingerprint density at radius 1 is 1.43 bits per heavy atom. The Kier molecular flexibility index (Phi) is 8.82. The van der Waals surface area contributed by atoms with Crippen LogP contribution in [0.5, 0.6) is 0 Å². The summed E-state index contributed by atoms with van der Waals surface area (Å²) in [5.41, 5.74) is 0.820. The zero-order chi connectivity index (χ0) is 14.7. The molecule has 1 amide bonds. The highest BCUT2D eigenvalue weighted by Gasteiger charge is 2.16. The number of carbonyl (C=O) groups is 1. The minimum absolute atomic E-state index is 0. The van der Waals surface area contributed by atoms with Crippen LogP contribution in [-0.2, 0) is 11.2 Å². The molecule has 0 spiro atoms. The van der Waals surface area contributed by atoms with Gasteiger partial charge < -0.3 is 10.6 Å². The first-order chi connectivity index (χ1) is 10.2. The smallest absolute Gasteiger partial charge is 0.226 e. The number of rotatable bonds is 4. The van der Waals surface area contributed by atoms with Gasteiger partial charge in [-0.05, 0) is 31.5 Å². The second-order valence-electron chi connectivity index (χ2n) is 5.04. The standard InChI is InChI=1S/C14H16ClN3OS2.2ClH/c15-12-4-3-11(21-12)14-18-10(8-20-14)6-13(19)17-9-2-1-5-16-7-9;;/h3-4,8-9,16H,1-2,5-7H2,(H,17,19);2*1H/t9-;;/m0../s1. The van der Waals surface area contributed by atoms with E-state index in [1.807, 2.05) is 17.5 Å². The molecule has 0 aliphatic carbocycles. The summed E-state index contributed by atoms with van der Waals surface area (Å²) in [6, 6.07) is 4.08. The van der Waals surface area contributed by atoms with Gasteiger partial charge in [-0.2, -0.15) is 0 Å². The van der Waals surface area contributed by atoms with E-state index in [9.17, 15) is 4.79 Å². The molecule has 2 aromatic rings. The lowest BCUT2D eigenvalue weighted by Crippen LogP contribution is -2.46. The normalized spacial score (nSPS) is 17.0. The largest absolute Gasteiger partial charge is 0.352 e. The molecule has 1 fully saturated rings. The molecule has 0 bridgehead atoms. The number of nitrogens with zero attached hydrogens (tertiary/aromatic N) is 1. The van der Waals surface area contributed by atoms with Crippen molar-refractivity contribution in [1.29, 1.82) is 0 Å². The number of nitrogens with one attached hydrogen (secondary N) is 2. The highest BCUT2D eigenvalue weighted by atomic mass is 35.5. The zero-order valence-electron chi connectivity index (χ0n) is 12.2. The summed E-state index contributed by atoms with van der Waals surface area (Å²) >= 11 is 8.99. The molecule has 1 atom stereocenters. The van der Waals surface area contributed by atoms with Gasteiger partial charge in [-0.3, -0.25) is 4.79 Å². The van der Waals surface area contributed by atoms with E-state index in [0.717, 1.165) is 45.8 Å². The fourth-order valence-corrected chi connectivity index (χ4v) is 4.28. The first-order valence-corrected chi connectivity index (χ1v) is 8.98. The van der Waals surface area contributed by atoms with E-state index in [-0.39, 0.29) is 36.8 Å². The van der Waals surface area contributed by atoms with Crippen LogP contribution in [0.1, 0.15) is 18.5 Å². The van der Waals surface area contributed by atoms with Crippen LogP contribution in [0.15, 0.2) is 17.5 Å². The second-order valence-corrected chi connectivity index (χ2v) is 7.61. The Balaban J connectivity index is 0.00000132. The molecule has 3 rings (SSSR count). The Morgan fingerprint density at radius 2 is 2.26 bits per heavy atom. The van der Waals surface area contributed by atoms with E-state index in [2.05, 4.69) is 15.6 Å². The van der Waals surface area contributed by atoms with Crippen LogP contribution in [0.2, 0.25) is 4.34 Å². The predicted molar refractivity (Wildman–Crippen MR) is 103 cm³/mol. The molecule has 0 radical (unpaired) electrons. The molecule has 3 heterocycles. The van der Waals surface area contributed by atoms with E-state index in [0.29, 0.717) is 6.42 Å². The number of thiazole rings is 1. The van der Waals surface area contributed by atoms with Crippen LogP contribution in [0, 0.1) is 0 Å². The van der Waals surface area contributed by atoms with Gasteiger partial charge >= 0.3 is 0 Å². The molecule has 0 unspecified atom stereocenters. The molecule has 1 aliphatic heterocycles. The Labute approximate surface area is 160 Å². The average molecular weight is 415 g/mol. The summed E-state index contributed by atoms with van der Waals surface area (Å²) < 4.78 is 0.754. The third-order valence-corrected chi connectivity index (χ3v) is 5.63. The lowest BCUT2D eigenvalue weighted by Gasteiger charge is -2.23. The number of carbonyl (C=O) groups excluding carboxylic acids is 1. The Bertz CT molecular complexity index is 626. The van der Waals surface area contributed by atoms with Gasteiger partial charge in [-0.1, -0.05) is 11.6 Å². The monoisotopic (exact) mass is 413 g/mol. The molecule has 23 heavy (non-hydrogen) atoms. The average Bonchev–Trinajstić information content (AvgIpc) is 3.09. The van der Waals surface area contributed by atoms with Crippen LogP contribution >= 0.6 is 59.1 Å². The van der Waals surface area contributed by atoms with E-state index >= 15 is 0 Å². The number of hydrogen-bond donors (Lipinski definition) is 2. The number of halogens is 3. The van der Waals surface area contributed by atoms with Crippen molar-refractivity contribution in [3.8, 4) is 9.88 Å². The molecule has 0 aromatic carbocycles. The van der Waals surface area contributed by atoms with Gasteiger partial charge in [0.05, 0.1) is 21.3 Å². The lowest BCUT2D eigenvalue weighted by atomic mass is 10.1. The molecular weight excluding hydrogens is 397 g/mol. The van der Waals surface area contributed by atoms with Gasteiger partial charge in [-0.25, -0.2) is 4.98 Å². The summed E-state index contributed by atoms with van der Waals surface area (Å²) in [6.07, 6.45) is 2.51. The fourth-order valence-electron chi connectivity index (χ4n) is 2.35. The van der Waals surface area contributed by atoms with Crippen molar-refractivity contribution in [3.05, 3.63) is 27.5 Å². The van der Waals surface area contributed by atoms with Gasteiger partial charge in [0.1, 0.15) is 5.01 Å². The molecule has 9 heteroatoms. The van der Waals surface area contributed by atoms with Crippen molar-refractivity contribution in [2.24, 2.45) is 0 Å². The van der Waals surface area contributed by atoms with Gasteiger partial charge in [-0.15, -0.1) is 47.5 Å². The van der Waals surface area contributed by atoms with E-state index in [1.54, 1.807) is 11.3 Å². The Morgan fingerprint density at radius 3 is 2.91 bits per heavy atom. The Hall–Kier alpha value is -0.370. The van der Waals surface area contributed by atoms with Crippen LogP contribution in [-0.4, -0.2) is 30.0 Å². The van der Waals surface area contributed by atoms with Crippen molar-refractivity contribution in [1.82, 2.24) is 15.6 Å². The molecule has 0 saturated carbocycles. The first kappa shape index (κ1) is 20.7. The molecule has 2 N–H and O–H groups in total. The van der Waals surface area contributed by atoms with Gasteiger partial charge in [0.15, 0.2) is 0 Å². The highest BCUT2D eigenvalue weighted by molar-refractivity contribution is 7.23. The number of hydrogen-bond acceptors (Lipinski definition) is 5. The predicted octanol–water partition coefficient (Wildman–Crippen LogP) is 3.78. The van der Waals surface area contributed by atoms with Crippen molar-refractivity contribution >= 4 is 65.0 Å². The van der Waals surface area contributed by atoms with Crippen LogP contribution in [0.4, 0.5) is 0 Å². The number of aromatic nitrogens is 1. The van der Waals surface area contributed by atoms with Crippen molar-refractivity contribution < 1.29 is 4.79 Å². The first-order valence-electron chi connectivity index (χ1n) is 6.91. The second kappa shape index (κ2) is 9.81. The minimum atomic E-state index is 0. The molecule has 2 aromatic heterocycles. The molecule has 128 valence electrons. The molecular formula is C14H18Cl3N3OS2. The zero-order valence-corrected chi connectivity index (χ0v) is 16.2. The van der Waals surface area contributed by atoms with Crippen molar-refractivity contribution in [3.63, 3.8) is 0 Å². The molecule has 1 aliphatic rings. The summed E-state index contributed by atoms with van der Waals surface area (Å²) in [6.45, 7) is 1.91. The van der Waals surface area contributed by atoms with Gasteiger partial charge in [0, 0.05) is 18.0 Å². The summed E-state index contributed by atoms with van der Waals surface area (Å²) in [5, 5.41) is 9.23. The fraction of sp³-hybridized carbons (Fsp3) is 0.429. The number of piperidine rings is 1. The maximum Gasteiger partial charge on any atom is 0.226 e. The summed E-state index contributed by atoms with van der Waals surface area (Å²) in [5.74, 6) is 0.0461. The maximum absolute atomic E-state index is 12.0. The number of thiophene rings is 1. The van der Waals surface area contributed by atoms with Crippen LogP contribution in [0.3, 0.4) is 0 Å². The van der Waals surface area contributed by atoms with Crippen molar-refractivity contribution in [2.45, 2.75) is 25.3 Å². The summed E-state index contributed by atoms with van der Waals surface area (Å²) in [7, 11) is 0. The summed E-state index contributed by atoms with van der Waals surface area (Å²) in [4.78, 5) is 17.6. The lowest BCUT2D eigenvalue weighted by molar-refractivity contribution is -0.121.